The van der Waals surface area contributed by atoms with Crippen molar-refractivity contribution in [3.63, 3.8) is 0 Å². The Bertz CT molecular complexity index is 1540. The first-order chi connectivity index (χ1) is 21.4. The van der Waals surface area contributed by atoms with Crippen LogP contribution in [-0.4, -0.2) is 66.3 Å². The highest BCUT2D eigenvalue weighted by Crippen LogP contribution is 2.23. The van der Waals surface area contributed by atoms with E-state index in [2.05, 4.69) is 0 Å². The Morgan fingerprint density at radius 2 is 0.818 bits per heavy atom. The first kappa shape index (κ1) is 31.3. The van der Waals surface area contributed by atoms with Crippen LogP contribution in [0, 0.1) is 0 Å². The summed E-state index contributed by atoms with van der Waals surface area (Å²) < 4.78 is 22.3. The Morgan fingerprint density at radius 1 is 0.500 bits per heavy atom. The third kappa shape index (κ3) is 8.24. The number of aldehydes is 1. The van der Waals surface area contributed by atoms with Crippen molar-refractivity contribution in [1.29, 1.82) is 0 Å². The first-order valence-electron chi connectivity index (χ1n) is 13.5. The molecule has 0 saturated carbocycles. The summed E-state index contributed by atoms with van der Waals surface area (Å²) in [4.78, 5) is 65.0. The molecule has 4 atom stereocenters. The summed E-state index contributed by atoms with van der Waals surface area (Å²) in [6, 6.07) is 30.9. The number of benzene rings is 4. The smallest absolute Gasteiger partial charge is 0.338 e. The highest BCUT2D eigenvalue weighted by atomic mass is 16.6. The lowest BCUT2D eigenvalue weighted by atomic mass is 10.0. The van der Waals surface area contributed by atoms with Crippen LogP contribution < -0.4 is 0 Å². The summed E-state index contributed by atoms with van der Waals surface area (Å²) in [6.07, 6.45) is -7.05. The quantitative estimate of drug-likeness (QED) is 0.136. The molecule has 0 aliphatic carbocycles. The second-order valence-electron chi connectivity index (χ2n) is 9.34. The third-order valence-electron chi connectivity index (χ3n) is 6.35. The zero-order valence-electron chi connectivity index (χ0n) is 23.3. The van der Waals surface area contributed by atoms with Crippen molar-refractivity contribution in [2.45, 2.75) is 24.4 Å². The molecule has 10 heteroatoms. The van der Waals surface area contributed by atoms with Gasteiger partial charge in [0, 0.05) is 0 Å². The summed E-state index contributed by atoms with van der Waals surface area (Å²) in [6.45, 7) is -0.928. The molecule has 0 radical (unpaired) electrons. The van der Waals surface area contributed by atoms with Gasteiger partial charge in [-0.3, -0.25) is 4.79 Å². The lowest BCUT2D eigenvalue weighted by molar-refractivity contribution is -0.142. The lowest BCUT2D eigenvalue weighted by Gasteiger charge is -2.34. The highest BCUT2D eigenvalue weighted by molar-refractivity contribution is 5.92. The van der Waals surface area contributed by atoms with Crippen molar-refractivity contribution in [3.05, 3.63) is 144 Å². The second kappa shape index (κ2) is 15.6. The maximum atomic E-state index is 13.3. The number of ether oxygens (including phenoxy) is 4. The fourth-order valence-corrected chi connectivity index (χ4v) is 4.13. The van der Waals surface area contributed by atoms with Crippen molar-refractivity contribution in [2.24, 2.45) is 0 Å². The van der Waals surface area contributed by atoms with E-state index in [9.17, 15) is 29.1 Å². The minimum atomic E-state index is -1.87. The van der Waals surface area contributed by atoms with Gasteiger partial charge in [-0.15, -0.1) is 0 Å². The molecular formula is C34H28O10. The van der Waals surface area contributed by atoms with E-state index in [-0.39, 0.29) is 28.5 Å². The normalized spacial score (nSPS) is 13.3. The topological polar surface area (TPSA) is 143 Å². The number of hydrogen-bond acceptors (Lipinski definition) is 10. The van der Waals surface area contributed by atoms with Gasteiger partial charge in [-0.25, -0.2) is 19.2 Å². The molecule has 0 unspecified atom stereocenters. The van der Waals surface area contributed by atoms with E-state index in [0.29, 0.717) is 0 Å². The molecule has 0 fully saturated rings. The van der Waals surface area contributed by atoms with Gasteiger partial charge in [-0.05, 0) is 48.5 Å². The van der Waals surface area contributed by atoms with E-state index in [1.807, 2.05) is 0 Å². The number of rotatable bonds is 13. The molecule has 0 saturated heterocycles. The molecule has 4 aromatic carbocycles. The number of hydrogen-bond donors (Lipinski definition) is 1. The fourth-order valence-electron chi connectivity index (χ4n) is 4.13. The monoisotopic (exact) mass is 596 g/mol. The van der Waals surface area contributed by atoms with Crippen molar-refractivity contribution >= 4 is 30.2 Å². The van der Waals surface area contributed by atoms with Crippen LogP contribution in [0.2, 0.25) is 0 Å². The number of aliphatic hydroxyl groups excluding tert-OH is 1. The van der Waals surface area contributed by atoms with Crippen LogP contribution in [0.1, 0.15) is 41.4 Å². The zero-order valence-corrected chi connectivity index (χ0v) is 23.3. The Balaban J connectivity index is 1.75. The van der Waals surface area contributed by atoms with Gasteiger partial charge < -0.3 is 24.1 Å². The Labute approximate surface area is 252 Å². The summed E-state index contributed by atoms with van der Waals surface area (Å²) >= 11 is 0. The van der Waals surface area contributed by atoms with Gasteiger partial charge in [0.1, 0.15) is 0 Å². The van der Waals surface area contributed by atoms with E-state index < -0.39 is 54.9 Å². The molecule has 44 heavy (non-hydrogen) atoms. The second-order valence-corrected chi connectivity index (χ2v) is 9.34. The Hall–Kier alpha value is -5.61. The van der Waals surface area contributed by atoms with Crippen LogP contribution in [-0.2, 0) is 23.7 Å². The molecule has 0 aliphatic rings. The molecular weight excluding hydrogens is 568 g/mol. The van der Waals surface area contributed by atoms with Crippen LogP contribution in [0.4, 0.5) is 0 Å². The van der Waals surface area contributed by atoms with Crippen molar-refractivity contribution in [1.82, 2.24) is 0 Å². The maximum Gasteiger partial charge on any atom is 0.338 e. The Morgan fingerprint density at radius 3 is 1.16 bits per heavy atom. The van der Waals surface area contributed by atoms with Gasteiger partial charge >= 0.3 is 23.9 Å². The summed E-state index contributed by atoms with van der Waals surface area (Å²) in [5.41, 5.74) is 0.325. The van der Waals surface area contributed by atoms with Gasteiger partial charge in [0.2, 0.25) is 0 Å². The maximum absolute atomic E-state index is 13.3. The summed E-state index contributed by atoms with van der Waals surface area (Å²) in [5, 5.41) is 10.4. The third-order valence-corrected chi connectivity index (χ3v) is 6.35. The molecule has 10 nitrogen and oxygen atoms in total. The van der Waals surface area contributed by atoms with Gasteiger partial charge in [0.15, 0.2) is 30.7 Å². The Kier molecular flexibility index (Phi) is 11.1. The van der Waals surface area contributed by atoms with E-state index in [1.54, 1.807) is 72.8 Å². The van der Waals surface area contributed by atoms with Crippen LogP contribution in [0.5, 0.6) is 0 Å². The predicted molar refractivity (Wildman–Crippen MR) is 156 cm³/mol. The summed E-state index contributed by atoms with van der Waals surface area (Å²) in [5.74, 6) is -3.77. The van der Waals surface area contributed by atoms with Gasteiger partial charge in [-0.2, -0.15) is 0 Å². The number of carbonyl (C=O) groups is 5. The van der Waals surface area contributed by atoms with Gasteiger partial charge in [0.05, 0.1) is 28.9 Å². The summed E-state index contributed by atoms with van der Waals surface area (Å²) in [7, 11) is 0. The molecule has 0 amide bonds. The van der Waals surface area contributed by atoms with E-state index in [4.69, 9.17) is 18.9 Å². The SMILES string of the molecule is O=C[C@H](OC(=O)c1ccccc1)[C@H](OC(=O)c1ccccc1)[C@@H](OC(=O)c1ccccc1)[C@@H](CO)OC(=O)c1ccccc1. The van der Waals surface area contributed by atoms with E-state index in [1.165, 1.54) is 48.5 Å². The first-order valence-corrected chi connectivity index (χ1v) is 13.5. The molecule has 0 aliphatic heterocycles. The van der Waals surface area contributed by atoms with Crippen molar-refractivity contribution in [3.8, 4) is 0 Å². The standard InChI is InChI=1S/C34H28O10/c35-21-27(41-31(37)23-13-5-1-6-14-23)29(43-33(39)25-17-9-3-10-18-25)30(44-34(40)26-19-11-4-12-20-26)28(22-36)42-32(38)24-15-7-2-8-16-24/h1-21,27-30,36H,22H2/t27-,28+,29-,30-/m0/s1. The van der Waals surface area contributed by atoms with Gasteiger partial charge in [0.25, 0.3) is 0 Å². The zero-order chi connectivity index (χ0) is 31.3. The molecule has 4 aromatic rings. The number of esters is 4. The lowest BCUT2D eigenvalue weighted by Crippen LogP contribution is -2.53. The molecule has 0 aromatic heterocycles. The molecule has 4 rings (SSSR count). The minimum Gasteiger partial charge on any atom is -0.452 e. The number of carbonyl (C=O) groups excluding carboxylic acids is 5. The average molecular weight is 597 g/mol. The van der Waals surface area contributed by atoms with Crippen LogP contribution in [0.15, 0.2) is 121 Å². The minimum absolute atomic E-state index is 0.0616. The van der Waals surface area contributed by atoms with Crippen molar-refractivity contribution in [2.75, 3.05) is 6.61 Å². The van der Waals surface area contributed by atoms with Crippen molar-refractivity contribution < 1.29 is 48.0 Å². The van der Waals surface area contributed by atoms with E-state index >= 15 is 0 Å². The highest BCUT2D eigenvalue weighted by Gasteiger charge is 2.45. The molecule has 1 N–H and O–H groups in total. The van der Waals surface area contributed by atoms with Crippen LogP contribution >= 0.6 is 0 Å². The molecule has 0 heterocycles. The molecule has 0 spiro atoms. The number of aliphatic hydroxyl groups is 1. The molecule has 0 bridgehead atoms. The largest absolute Gasteiger partial charge is 0.452 e. The molecule has 224 valence electrons. The predicted octanol–water partition coefficient (Wildman–Crippen LogP) is 4.08. The fraction of sp³-hybridized carbons (Fsp3) is 0.147. The van der Waals surface area contributed by atoms with E-state index in [0.717, 1.165) is 0 Å². The average Bonchev–Trinajstić information content (AvgIpc) is 3.09. The van der Waals surface area contributed by atoms with Crippen LogP contribution in [0.25, 0.3) is 0 Å². The van der Waals surface area contributed by atoms with Gasteiger partial charge in [-0.1, -0.05) is 72.8 Å². The van der Waals surface area contributed by atoms with Crippen LogP contribution in [0.3, 0.4) is 0 Å².